The van der Waals surface area contributed by atoms with E-state index >= 15 is 0 Å². The van der Waals surface area contributed by atoms with Crippen LogP contribution in [0.1, 0.15) is 52.4 Å². The number of benzene rings is 1. The molecule has 4 saturated carbocycles. The maximum Gasteiger partial charge on any atom is 0.241 e. The molecule has 4 bridgehead atoms. The molecule has 148 valence electrons. The van der Waals surface area contributed by atoms with Gasteiger partial charge in [-0.15, -0.1) is 0 Å². The van der Waals surface area contributed by atoms with E-state index in [1.807, 2.05) is 0 Å². The summed E-state index contributed by atoms with van der Waals surface area (Å²) in [5.41, 5.74) is -1.21. The number of hydrogen-bond acceptors (Lipinski definition) is 3. The molecule has 4 nitrogen and oxygen atoms in total. The molecular weight excluding hydrogens is 365 g/mol. The Labute approximate surface area is 161 Å². The zero-order valence-corrected chi connectivity index (χ0v) is 16.8. The number of carbonyl (C=O) groups is 1. The van der Waals surface area contributed by atoms with Crippen molar-refractivity contribution in [3.8, 4) is 0 Å². The van der Waals surface area contributed by atoms with E-state index in [1.165, 1.54) is 50.3 Å². The average molecular weight is 394 g/mol. The molecule has 27 heavy (non-hydrogen) atoms. The lowest BCUT2D eigenvalue weighted by molar-refractivity contribution is -0.128. The van der Waals surface area contributed by atoms with Gasteiger partial charge in [0.05, 0.1) is 10.4 Å². The van der Waals surface area contributed by atoms with Gasteiger partial charge in [0, 0.05) is 6.42 Å². The molecule has 0 aliphatic heterocycles. The lowest BCUT2D eigenvalue weighted by Crippen LogP contribution is -2.52. The molecule has 1 aromatic carbocycles. The second kappa shape index (κ2) is 6.66. The summed E-state index contributed by atoms with van der Waals surface area (Å²) in [6, 6.07) is 4.86. The zero-order chi connectivity index (χ0) is 19.4. The summed E-state index contributed by atoms with van der Waals surface area (Å²) in [5.74, 6) is 2.65. The van der Waals surface area contributed by atoms with Gasteiger partial charge in [0.2, 0.25) is 10.0 Å². The minimum Gasteiger partial charge on any atom is -0.298 e. The molecule has 0 atom stereocenters. The summed E-state index contributed by atoms with van der Waals surface area (Å²) < 4.78 is 41.1. The van der Waals surface area contributed by atoms with E-state index in [-0.39, 0.29) is 10.7 Å². The molecule has 0 aromatic heterocycles. The Kier molecular flexibility index (Phi) is 4.70. The minimum atomic E-state index is -3.96. The maximum atomic E-state index is 13.4. The van der Waals surface area contributed by atoms with Gasteiger partial charge in [-0.1, -0.05) is 6.07 Å². The molecule has 0 unspecified atom stereocenters. The van der Waals surface area contributed by atoms with Crippen LogP contribution in [0.15, 0.2) is 29.2 Å². The highest BCUT2D eigenvalue weighted by atomic mass is 32.2. The number of rotatable bonds is 6. The molecule has 5 rings (SSSR count). The summed E-state index contributed by atoms with van der Waals surface area (Å²) in [5, 5.41) is 0. The quantitative estimate of drug-likeness (QED) is 0.797. The van der Waals surface area contributed by atoms with Crippen LogP contribution >= 0.6 is 0 Å². The summed E-state index contributed by atoms with van der Waals surface area (Å²) in [7, 11) is -3.96. The molecule has 0 heterocycles. The van der Waals surface area contributed by atoms with Gasteiger partial charge >= 0.3 is 0 Å². The molecule has 0 amide bonds. The Morgan fingerprint density at radius 2 is 1.70 bits per heavy atom. The first-order chi connectivity index (χ1) is 12.6. The second-order valence-corrected chi connectivity index (χ2v) is 11.1. The topological polar surface area (TPSA) is 63.2 Å². The van der Waals surface area contributed by atoms with Gasteiger partial charge in [-0.05, 0) is 93.7 Å². The van der Waals surface area contributed by atoms with Crippen LogP contribution in [0.25, 0.3) is 0 Å². The lowest BCUT2D eigenvalue weighted by atomic mass is 9.51. The number of carbonyl (C=O) groups excluding carboxylic acids is 1. The first-order valence-corrected chi connectivity index (χ1v) is 11.5. The van der Waals surface area contributed by atoms with E-state index in [9.17, 15) is 17.6 Å². The molecule has 0 saturated heterocycles. The highest BCUT2D eigenvalue weighted by Crippen LogP contribution is 2.57. The smallest absolute Gasteiger partial charge is 0.241 e. The highest BCUT2D eigenvalue weighted by molar-refractivity contribution is 7.89. The van der Waals surface area contributed by atoms with E-state index in [2.05, 4.69) is 4.72 Å². The van der Waals surface area contributed by atoms with Gasteiger partial charge in [-0.3, -0.25) is 4.79 Å². The number of hydrogen-bond donors (Lipinski definition) is 1. The number of halogens is 1. The highest BCUT2D eigenvalue weighted by Gasteiger charge is 2.49. The van der Waals surface area contributed by atoms with Crippen molar-refractivity contribution in [3.05, 3.63) is 30.1 Å². The van der Waals surface area contributed by atoms with Crippen molar-refractivity contribution in [1.82, 2.24) is 4.72 Å². The summed E-state index contributed by atoms with van der Waals surface area (Å²) in [6.07, 6.45) is 6.75. The normalized spacial score (nSPS) is 32.6. The van der Waals surface area contributed by atoms with E-state index in [0.29, 0.717) is 24.2 Å². The van der Waals surface area contributed by atoms with Gasteiger partial charge < -0.3 is 0 Å². The summed E-state index contributed by atoms with van der Waals surface area (Å²) in [4.78, 5) is 12.9. The maximum absolute atomic E-state index is 13.4. The number of nitrogens with one attached hydrogen (secondary N) is 1. The van der Waals surface area contributed by atoms with E-state index in [4.69, 9.17) is 0 Å². The van der Waals surface area contributed by atoms with Crippen LogP contribution in [-0.2, 0) is 14.8 Å². The van der Waals surface area contributed by atoms with Gasteiger partial charge in [-0.2, -0.15) is 4.72 Å². The average Bonchev–Trinajstić information content (AvgIpc) is 2.56. The van der Waals surface area contributed by atoms with Crippen LogP contribution in [0.3, 0.4) is 0 Å². The van der Waals surface area contributed by atoms with Crippen LogP contribution < -0.4 is 4.72 Å². The van der Waals surface area contributed by atoms with Crippen molar-refractivity contribution < 1.29 is 17.6 Å². The third-order valence-electron chi connectivity index (χ3n) is 7.04. The van der Waals surface area contributed by atoms with Crippen molar-refractivity contribution in [2.24, 2.45) is 29.6 Å². The molecule has 6 heteroatoms. The van der Waals surface area contributed by atoms with Crippen LogP contribution in [0.5, 0.6) is 0 Å². The fourth-order valence-corrected chi connectivity index (χ4v) is 7.36. The van der Waals surface area contributed by atoms with Crippen LogP contribution in [-0.4, -0.2) is 19.7 Å². The fraction of sp³-hybridized carbons (Fsp3) is 0.667. The predicted molar refractivity (Wildman–Crippen MR) is 101 cm³/mol. The first-order valence-electron chi connectivity index (χ1n) is 9.97. The fourth-order valence-electron chi connectivity index (χ4n) is 5.93. The van der Waals surface area contributed by atoms with Gasteiger partial charge in [0.1, 0.15) is 5.82 Å². The third kappa shape index (κ3) is 3.70. The van der Waals surface area contributed by atoms with Crippen molar-refractivity contribution in [2.45, 2.75) is 62.8 Å². The molecule has 4 aliphatic rings. The molecule has 4 aliphatic carbocycles. The monoisotopic (exact) mass is 393 g/mol. The van der Waals surface area contributed by atoms with Gasteiger partial charge in [-0.25, -0.2) is 12.8 Å². The molecule has 0 spiro atoms. The van der Waals surface area contributed by atoms with Crippen molar-refractivity contribution in [2.75, 3.05) is 0 Å². The first kappa shape index (κ1) is 19.1. The Morgan fingerprint density at radius 3 is 2.26 bits per heavy atom. The number of Topliss-reactive ketones (excluding diaryl/α,β-unsaturated/α-hetero) is 1. The van der Waals surface area contributed by atoms with E-state index in [0.717, 1.165) is 17.9 Å². The van der Waals surface area contributed by atoms with Crippen molar-refractivity contribution in [1.29, 1.82) is 0 Å². The second-order valence-electron chi connectivity index (χ2n) is 9.41. The molecule has 1 N–H and O–H groups in total. The third-order valence-corrected chi connectivity index (χ3v) is 8.69. The Morgan fingerprint density at radius 1 is 1.11 bits per heavy atom. The zero-order valence-electron chi connectivity index (χ0n) is 15.9. The number of ketones is 1. The molecule has 0 radical (unpaired) electrons. The Bertz CT molecular complexity index is 821. The molecular formula is C21H28FNO3S. The van der Waals surface area contributed by atoms with E-state index < -0.39 is 21.4 Å². The Hall–Kier alpha value is -1.27. The predicted octanol–water partition coefficient (Wildman–Crippen LogP) is 3.91. The standard InChI is InChI=1S/C21H28FNO3S/c1-21(2,23-27(25,26)18-5-3-4-17(22)11-18)20(24)12-19-15-7-13-6-14(9-15)10-16(19)8-13/h3-5,11,13-16,19,23H,6-10,12H2,1-2H3. The Balaban J connectivity index is 1.46. The summed E-state index contributed by atoms with van der Waals surface area (Å²) in [6.45, 7) is 3.23. The largest absolute Gasteiger partial charge is 0.298 e. The SMILES string of the molecule is CC(C)(NS(=O)(=O)c1cccc(F)c1)C(=O)CC1C2CC3CC(C2)CC1C3. The van der Waals surface area contributed by atoms with Crippen LogP contribution in [0.2, 0.25) is 0 Å². The van der Waals surface area contributed by atoms with Crippen molar-refractivity contribution in [3.63, 3.8) is 0 Å². The minimum absolute atomic E-state index is 0.0695. The lowest BCUT2D eigenvalue weighted by Gasteiger charge is -2.54. The van der Waals surface area contributed by atoms with E-state index in [1.54, 1.807) is 13.8 Å². The van der Waals surface area contributed by atoms with Crippen molar-refractivity contribution >= 4 is 15.8 Å². The van der Waals surface area contributed by atoms with Crippen LogP contribution in [0, 0.1) is 35.4 Å². The van der Waals surface area contributed by atoms with Gasteiger partial charge in [0.15, 0.2) is 5.78 Å². The number of sulfonamides is 1. The van der Waals surface area contributed by atoms with Crippen LogP contribution in [0.4, 0.5) is 4.39 Å². The molecule has 4 fully saturated rings. The summed E-state index contributed by atoms with van der Waals surface area (Å²) >= 11 is 0. The van der Waals surface area contributed by atoms with Gasteiger partial charge in [0.25, 0.3) is 0 Å². The molecule has 1 aromatic rings.